The molecule has 1 atom stereocenters. The first-order chi connectivity index (χ1) is 3.69. The molecule has 0 aromatic rings. The maximum absolute atomic E-state index is 10.4. The minimum Gasteiger partial charge on any atom is -0.444 e. The van der Waals surface area contributed by atoms with Gasteiger partial charge in [-0.05, 0) is 13.3 Å². The number of hydrogen-bond donors (Lipinski definition) is 0. The molecule has 0 aromatic heterocycles. The summed E-state index contributed by atoms with van der Waals surface area (Å²) < 4.78 is 4.71. The van der Waals surface area contributed by atoms with Crippen molar-refractivity contribution in [1.82, 2.24) is 0 Å². The van der Waals surface area contributed by atoms with E-state index in [0.29, 0.717) is 0 Å². The van der Waals surface area contributed by atoms with E-state index in [9.17, 15) is 4.79 Å². The molecule has 1 unspecified atom stereocenters. The molecule has 1 saturated heterocycles. The average molecular weight is 114 g/mol. The number of rotatable bonds is 2. The molecule has 46 valence electrons. The van der Waals surface area contributed by atoms with Gasteiger partial charge in [-0.15, -0.1) is 0 Å². The van der Waals surface area contributed by atoms with Crippen LogP contribution in [0.5, 0.6) is 0 Å². The number of ether oxygens (including phenoxy) is 1. The molecular formula is C6H10O2. The van der Waals surface area contributed by atoms with Crippen LogP contribution >= 0.6 is 0 Å². The van der Waals surface area contributed by atoms with Crippen molar-refractivity contribution in [3.63, 3.8) is 0 Å². The number of epoxide rings is 1. The van der Waals surface area contributed by atoms with Crippen molar-refractivity contribution in [1.29, 1.82) is 0 Å². The Labute approximate surface area is 48.8 Å². The first-order valence-corrected chi connectivity index (χ1v) is 2.92. The molecule has 1 aliphatic rings. The van der Waals surface area contributed by atoms with Gasteiger partial charge in [0.25, 0.3) is 0 Å². The normalized spacial score (nSPS) is 34.5. The van der Waals surface area contributed by atoms with Crippen LogP contribution in [0.25, 0.3) is 0 Å². The van der Waals surface area contributed by atoms with Crippen LogP contribution in [0.2, 0.25) is 0 Å². The predicted molar refractivity (Wildman–Crippen MR) is 29.4 cm³/mol. The van der Waals surface area contributed by atoms with Crippen LogP contribution in [0, 0.1) is 0 Å². The van der Waals surface area contributed by atoms with Crippen molar-refractivity contribution in [3.8, 4) is 0 Å². The highest BCUT2D eigenvalue weighted by molar-refractivity contribution is 5.92. The molecule has 0 aliphatic carbocycles. The lowest BCUT2D eigenvalue weighted by molar-refractivity contribution is -0.117. The maximum atomic E-state index is 10.4. The summed E-state index contributed by atoms with van der Waals surface area (Å²) in [6, 6.07) is 0. The third-order valence-corrected chi connectivity index (χ3v) is 1.44. The third-order valence-electron chi connectivity index (χ3n) is 1.44. The van der Waals surface area contributed by atoms with Gasteiger partial charge in [0.2, 0.25) is 5.60 Å². The zero-order chi connectivity index (χ0) is 6.20. The molecule has 1 rings (SSSR count). The monoisotopic (exact) mass is 114 g/mol. The standard InChI is InChI=1S/C6H10O2/c1-3-4-6(2)5(7)8-6/h3-4H2,1-2H3. The fourth-order valence-electron chi connectivity index (χ4n) is 0.809. The van der Waals surface area contributed by atoms with Gasteiger partial charge in [-0.2, -0.15) is 0 Å². The first kappa shape index (κ1) is 5.60. The molecule has 0 bridgehead atoms. The van der Waals surface area contributed by atoms with Crippen LogP contribution in [0.4, 0.5) is 0 Å². The summed E-state index contributed by atoms with van der Waals surface area (Å²) in [4.78, 5) is 10.4. The third kappa shape index (κ3) is 0.703. The Kier molecular flexibility index (Phi) is 1.03. The lowest BCUT2D eigenvalue weighted by atomic mass is 10.1. The van der Waals surface area contributed by atoms with Crippen LogP contribution < -0.4 is 0 Å². The molecule has 0 spiro atoms. The highest BCUT2D eigenvalue weighted by Gasteiger charge is 2.52. The van der Waals surface area contributed by atoms with E-state index in [1.165, 1.54) is 0 Å². The van der Waals surface area contributed by atoms with Crippen molar-refractivity contribution in [2.75, 3.05) is 0 Å². The van der Waals surface area contributed by atoms with E-state index in [-0.39, 0.29) is 11.6 Å². The maximum Gasteiger partial charge on any atom is 0.351 e. The lowest BCUT2D eigenvalue weighted by Crippen LogP contribution is -2.04. The minimum atomic E-state index is -0.380. The molecule has 0 aromatic carbocycles. The summed E-state index contributed by atoms with van der Waals surface area (Å²) in [5, 5.41) is 0. The first-order valence-electron chi connectivity index (χ1n) is 2.92. The van der Waals surface area contributed by atoms with E-state index in [1.807, 2.05) is 13.8 Å². The van der Waals surface area contributed by atoms with Gasteiger partial charge in [-0.25, -0.2) is 4.79 Å². The average Bonchev–Trinajstić information content (AvgIpc) is 2.16. The van der Waals surface area contributed by atoms with Crippen LogP contribution in [-0.2, 0) is 9.53 Å². The Morgan fingerprint density at radius 2 is 2.25 bits per heavy atom. The van der Waals surface area contributed by atoms with E-state index in [0.717, 1.165) is 12.8 Å². The topological polar surface area (TPSA) is 29.6 Å². The molecule has 1 fully saturated rings. The van der Waals surface area contributed by atoms with E-state index >= 15 is 0 Å². The summed E-state index contributed by atoms with van der Waals surface area (Å²) in [5.74, 6) is -0.0423. The van der Waals surface area contributed by atoms with Gasteiger partial charge < -0.3 is 4.74 Å². The number of carbonyl (C=O) groups excluding carboxylic acids is 1. The lowest BCUT2D eigenvalue weighted by Gasteiger charge is -1.92. The Morgan fingerprint density at radius 1 is 1.75 bits per heavy atom. The highest BCUT2D eigenvalue weighted by Crippen LogP contribution is 2.32. The minimum absolute atomic E-state index is 0.0423. The molecule has 2 heteroatoms. The Bertz CT molecular complexity index is 120. The van der Waals surface area contributed by atoms with Crippen molar-refractivity contribution in [2.45, 2.75) is 32.3 Å². The summed E-state index contributed by atoms with van der Waals surface area (Å²) in [5.41, 5.74) is -0.380. The second kappa shape index (κ2) is 1.47. The van der Waals surface area contributed by atoms with E-state index in [4.69, 9.17) is 4.74 Å². The van der Waals surface area contributed by atoms with Gasteiger partial charge in [0.15, 0.2) is 0 Å². The molecule has 0 amide bonds. The second-order valence-corrected chi connectivity index (χ2v) is 2.37. The molecule has 8 heavy (non-hydrogen) atoms. The molecule has 0 N–H and O–H groups in total. The number of hydrogen-bond acceptors (Lipinski definition) is 2. The molecule has 0 saturated carbocycles. The van der Waals surface area contributed by atoms with Crippen molar-refractivity contribution >= 4 is 5.97 Å². The van der Waals surface area contributed by atoms with Crippen molar-refractivity contribution < 1.29 is 9.53 Å². The number of carbonyl (C=O) groups is 1. The van der Waals surface area contributed by atoms with Gasteiger partial charge >= 0.3 is 5.97 Å². The second-order valence-electron chi connectivity index (χ2n) is 2.37. The zero-order valence-corrected chi connectivity index (χ0v) is 5.23. The molecule has 1 aliphatic heterocycles. The largest absolute Gasteiger partial charge is 0.444 e. The fourth-order valence-corrected chi connectivity index (χ4v) is 0.809. The molecular weight excluding hydrogens is 104 g/mol. The van der Waals surface area contributed by atoms with E-state index in [2.05, 4.69) is 0 Å². The van der Waals surface area contributed by atoms with Gasteiger partial charge in [0, 0.05) is 0 Å². The predicted octanol–water partition coefficient (Wildman–Crippen LogP) is 1.10. The van der Waals surface area contributed by atoms with Gasteiger partial charge in [-0.1, -0.05) is 13.3 Å². The quantitative estimate of drug-likeness (QED) is 0.503. The Hall–Kier alpha value is -0.530. The van der Waals surface area contributed by atoms with Gasteiger partial charge in [-0.3, -0.25) is 0 Å². The Balaban J connectivity index is 2.35. The van der Waals surface area contributed by atoms with Crippen LogP contribution in [0.1, 0.15) is 26.7 Å². The van der Waals surface area contributed by atoms with Crippen molar-refractivity contribution in [3.05, 3.63) is 0 Å². The zero-order valence-electron chi connectivity index (χ0n) is 5.23. The fraction of sp³-hybridized carbons (Fsp3) is 0.833. The molecule has 0 radical (unpaired) electrons. The SMILES string of the molecule is CCCC1(C)OC1=O. The van der Waals surface area contributed by atoms with Gasteiger partial charge in [0.1, 0.15) is 0 Å². The van der Waals surface area contributed by atoms with Crippen molar-refractivity contribution in [2.24, 2.45) is 0 Å². The van der Waals surface area contributed by atoms with E-state index < -0.39 is 0 Å². The Morgan fingerprint density at radius 3 is 2.38 bits per heavy atom. The summed E-state index contributed by atoms with van der Waals surface area (Å²) in [6.45, 7) is 3.87. The summed E-state index contributed by atoms with van der Waals surface area (Å²) in [6.07, 6.45) is 1.88. The van der Waals surface area contributed by atoms with Gasteiger partial charge in [0.05, 0.1) is 0 Å². The number of cyclic esters (lactones) is 1. The van der Waals surface area contributed by atoms with Crippen LogP contribution in [-0.4, -0.2) is 11.6 Å². The molecule has 2 nitrogen and oxygen atoms in total. The van der Waals surface area contributed by atoms with E-state index in [1.54, 1.807) is 0 Å². The smallest absolute Gasteiger partial charge is 0.351 e. The van der Waals surface area contributed by atoms with Crippen LogP contribution in [0.15, 0.2) is 0 Å². The molecule has 1 heterocycles. The highest BCUT2D eigenvalue weighted by atomic mass is 16.7. The van der Waals surface area contributed by atoms with Crippen LogP contribution in [0.3, 0.4) is 0 Å². The summed E-state index contributed by atoms with van der Waals surface area (Å²) in [7, 11) is 0. The summed E-state index contributed by atoms with van der Waals surface area (Å²) >= 11 is 0.